The van der Waals surface area contributed by atoms with Crippen LogP contribution in [0.4, 0.5) is 23.1 Å². The molecule has 0 spiro atoms. The molecule has 0 saturated carbocycles. The van der Waals surface area contributed by atoms with Crippen molar-refractivity contribution < 1.29 is 14.2 Å². The van der Waals surface area contributed by atoms with Crippen molar-refractivity contribution in [3.05, 3.63) is 80.6 Å². The molecular formula is C24H24BrClN9O3+. The number of rotatable bonds is 9. The summed E-state index contributed by atoms with van der Waals surface area (Å²) in [5.41, 5.74) is 1.88. The van der Waals surface area contributed by atoms with Crippen LogP contribution in [-0.4, -0.2) is 60.5 Å². The number of pyridine rings is 1. The van der Waals surface area contributed by atoms with Crippen LogP contribution >= 0.6 is 27.5 Å². The van der Waals surface area contributed by atoms with Gasteiger partial charge < -0.3 is 29.8 Å². The number of nitrogens with one attached hydrogen (secondary N) is 2. The van der Waals surface area contributed by atoms with Gasteiger partial charge in [0.2, 0.25) is 12.2 Å². The topological polar surface area (TPSA) is 141 Å². The number of halogens is 2. The molecule has 0 aliphatic rings. The van der Waals surface area contributed by atoms with Gasteiger partial charge in [0, 0.05) is 28.7 Å². The van der Waals surface area contributed by atoms with Gasteiger partial charge in [-0.2, -0.15) is 0 Å². The number of carbonyl (C=O) groups is 1. The number of quaternary nitrogens is 1. The molecule has 38 heavy (non-hydrogen) atoms. The van der Waals surface area contributed by atoms with Gasteiger partial charge in [-0.15, -0.1) is 0 Å². The third-order valence-electron chi connectivity index (χ3n) is 5.61. The summed E-state index contributed by atoms with van der Waals surface area (Å²) < 4.78 is 2.76. The van der Waals surface area contributed by atoms with E-state index in [2.05, 4.69) is 46.5 Å². The quantitative estimate of drug-likeness (QED) is 0.123. The van der Waals surface area contributed by atoms with Crippen LogP contribution < -0.4 is 10.6 Å². The molecule has 4 aromatic rings. The third-order valence-corrected chi connectivity index (χ3v) is 6.83. The number of anilines is 3. The van der Waals surface area contributed by atoms with Crippen molar-refractivity contribution >= 4 is 67.5 Å². The molecule has 0 unspecified atom stereocenters. The fourth-order valence-corrected chi connectivity index (χ4v) is 4.19. The maximum absolute atomic E-state index is 12.6. The molecule has 0 atom stereocenters. The first kappa shape index (κ1) is 27.1. The predicted octanol–water partition coefficient (Wildman–Crippen LogP) is 4.60. The summed E-state index contributed by atoms with van der Waals surface area (Å²) in [6.07, 6.45) is 7.54. The van der Waals surface area contributed by atoms with E-state index in [0.717, 1.165) is 10.2 Å². The van der Waals surface area contributed by atoms with Crippen LogP contribution in [0.1, 0.15) is 5.69 Å². The van der Waals surface area contributed by atoms with E-state index in [9.17, 15) is 14.9 Å². The lowest BCUT2D eigenvalue weighted by Gasteiger charge is -2.27. The summed E-state index contributed by atoms with van der Waals surface area (Å²) in [7, 11) is 5.55. The maximum Gasteiger partial charge on any atom is 0.390 e. The van der Waals surface area contributed by atoms with E-state index in [1.165, 1.54) is 18.7 Å². The molecule has 0 saturated heterocycles. The Labute approximate surface area is 231 Å². The van der Waals surface area contributed by atoms with E-state index in [-0.39, 0.29) is 11.7 Å². The summed E-state index contributed by atoms with van der Waals surface area (Å²) in [4.78, 5) is 40.0. The van der Waals surface area contributed by atoms with Crippen molar-refractivity contribution in [1.29, 1.82) is 0 Å². The number of hydrogen-bond donors (Lipinski definition) is 2. The molecule has 1 amide bonds. The molecular weight excluding hydrogens is 578 g/mol. The number of likely N-dealkylation sites (N-methyl/N-ethyl adjacent to an activating group) is 1. The van der Waals surface area contributed by atoms with Crippen LogP contribution in [0.3, 0.4) is 0 Å². The normalized spacial score (nSPS) is 11.7. The zero-order valence-electron chi connectivity index (χ0n) is 20.7. The number of benzene rings is 1. The minimum Gasteiger partial charge on any atom is -0.358 e. The summed E-state index contributed by atoms with van der Waals surface area (Å²) >= 11 is 9.49. The Bertz CT molecular complexity index is 1550. The van der Waals surface area contributed by atoms with Crippen LogP contribution in [0.25, 0.3) is 10.9 Å². The Morgan fingerprint density at radius 2 is 2.03 bits per heavy atom. The molecule has 1 aromatic carbocycles. The highest BCUT2D eigenvalue weighted by atomic mass is 79.9. The summed E-state index contributed by atoms with van der Waals surface area (Å²) in [5.74, 6) is 0.350. The van der Waals surface area contributed by atoms with Gasteiger partial charge in [0.1, 0.15) is 24.5 Å². The van der Waals surface area contributed by atoms with Crippen molar-refractivity contribution in [3.63, 3.8) is 0 Å². The monoisotopic (exact) mass is 600 g/mol. The van der Waals surface area contributed by atoms with E-state index in [1.807, 2.05) is 26.2 Å². The zero-order chi connectivity index (χ0) is 27.4. The zero-order valence-corrected chi connectivity index (χ0v) is 23.1. The van der Waals surface area contributed by atoms with Gasteiger partial charge in [-0.1, -0.05) is 11.6 Å². The molecule has 12 nitrogen and oxygen atoms in total. The third kappa shape index (κ3) is 6.49. The van der Waals surface area contributed by atoms with Gasteiger partial charge in [-0.25, -0.2) is 15.0 Å². The predicted molar refractivity (Wildman–Crippen MR) is 148 cm³/mol. The second kappa shape index (κ2) is 11.2. The van der Waals surface area contributed by atoms with Crippen LogP contribution in [0.5, 0.6) is 0 Å². The van der Waals surface area contributed by atoms with Crippen molar-refractivity contribution in [2.24, 2.45) is 7.05 Å². The first-order chi connectivity index (χ1) is 18.0. The molecule has 2 N–H and O–H groups in total. The minimum atomic E-state index is -0.491. The molecule has 0 bridgehead atoms. The average molecular weight is 602 g/mol. The van der Waals surface area contributed by atoms with Crippen molar-refractivity contribution in [3.8, 4) is 0 Å². The molecule has 3 heterocycles. The van der Waals surface area contributed by atoms with E-state index < -0.39 is 4.92 Å². The van der Waals surface area contributed by atoms with Gasteiger partial charge in [0.15, 0.2) is 5.69 Å². The Morgan fingerprint density at radius 3 is 2.76 bits per heavy atom. The highest BCUT2D eigenvalue weighted by Gasteiger charge is 2.26. The number of fused-ring (bicyclic) bond motifs is 1. The van der Waals surface area contributed by atoms with Crippen molar-refractivity contribution in [1.82, 2.24) is 24.5 Å². The Kier molecular flexibility index (Phi) is 7.99. The number of nitro groups is 1. The van der Waals surface area contributed by atoms with Crippen molar-refractivity contribution in [2.75, 3.05) is 31.3 Å². The fraction of sp³-hybridized carbons (Fsp3) is 0.208. The Balaban J connectivity index is 1.44. The number of imidazole rings is 1. The van der Waals surface area contributed by atoms with Crippen LogP contribution in [0.15, 0.2) is 59.7 Å². The number of aryl methyl sites for hydroxylation is 1. The lowest BCUT2D eigenvalue weighted by molar-refractivity contribution is -0.898. The number of nitrogens with zero attached hydrogens (tertiary/aromatic N) is 7. The number of carbonyl (C=O) groups excluding carboxylic acids is 1. The van der Waals surface area contributed by atoms with Crippen molar-refractivity contribution in [2.45, 2.75) is 6.54 Å². The van der Waals surface area contributed by atoms with Gasteiger partial charge >= 0.3 is 5.82 Å². The van der Waals surface area contributed by atoms with Crippen LogP contribution in [-0.2, 0) is 18.4 Å². The highest BCUT2D eigenvalue weighted by Crippen LogP contribution is 2.29. The second-order valence-corrected chi connectivity index (χ2v) is 10.4. The van der Waals surface area contributed by atoms with E-state index in [0.29, 0.717) is 50.8 Å². The molecule has 0 fully saturated rings. The molecule has 4 rings (SSSR count). The van der Waals surface area contributed by atoms with Gasteiger partial charge in [0.25, 0.3) is 0 Å². The average Bonchev–Trinajstić information content (AvgIpc) is 3.21. The lowest BCUT2D eigenvalue weighted by Crippen LogP contribution is -2.39. The molecule has 0 aliphatic heterocycles. The van der Waals surface area contributed by atoms with Gasteiger partial charge in [0.05, 0.1) is 37.4 Å². The number of hydrogen-bond acceptors (Lipinski definition) is 8. The summed E-state index contributed by atoms with van der Waals surface area (Å²) in [5, 5.41) is 18.5. The molecule has 0 aliphatic carbocycles. The Morgan fingerprint density at radius 1 is 1.24 bits per heavy atom. The summed E-state index contributed by atoms with van der Waals surface area (Å²) in [6, 6.07) is 7.10. The maximum atomic E-state index is 12.6. The lowest BCUT2D eigenvalue weighted by atomic mass is 10.2. The van der Waals surface area contributed by atoms with Crippen LogP contribution in [0.2, 0.25) is 5.02 Å². The van der Waals surface area contributed by atoms with Crippen LogP contribution in [0, 0.1) is 10.1 Å². The number of amides is 1. The highest BCUT2D eigenvalue weighted by molar-refractivity contribution is 9.10. The first-order valence-electron chi connectivity index (χ1n) is 11.3. The first-order valence-corrected chi connectivity index (χ1v) is 12.5. The molecule has 196 valence electrons. The molecule has 14 heteroatoms. The minimum absolute atomic E-state index is 0.163. The second-order valence-electron chi connectivity index (χ2n) is 9.11. The number of aromatic nitrogens is 5. The fourth-order valence-electron chi connectivity index (χ4n) is 3.70. The smallest absolute Gasteiger partial charge is 0.358 e. The standard InChI is InChI=1S/C24H23BrClN9O3/c1-33-14-30-24(34(37)38)20(33)12-35(2,3)8-4-5-22(36)32-21-10-16-19(11-27-21)28-13-29-23(16)31-15-6-7-18(26)17(25)9-15/h4-7,9-11,13-14H,8,12H2,1-3H3,(H-,27,28,29,31,32,36)/p+1. The molecule has 3 aromatic heterocycles. The van der Waals surface area contributed by atoms with E-state index in [1.54, 1.807) is 36.0 Å². The van der Waals surface area contributed by atoms with E-state index in [4.69, 9.17) is 11.6 Å². The Hall–Kier alpha value is -3.94. The molecule has 0 radical (unpaired) electrons. The van der Waals surface area contributed by atoms with Gasteiger partial charge in [-0.05, 0) is 56.2 Å². The summed E-state index contributed by atoms with van der Waals surface area (Å²) in [6.45, 7) is 0.824. The largest absolute Gasteiger partial charge is 0.390 e. The van der Waals surface area contributed by atoms with Gasteiger partial charge in [-0.3, -0.25) is 4.79 Å². The van der Waals surface area contributed by atoms with E-state index >= 15 is 0 Å². The SMILES string of the molecule is Cn1cnc([N+](=O)[O-])c1C[N+](C)(C)CC=CC(=O)Nc1cc2c(Nc3ccc(Cl)c(Br)c3)ncnc2cn1.